The Morgan fingerprint density at radius 1 is 1.12 bits per heavy atom. The molecule has 0 aliphatic heterocycles. The van der Waals surface area contributed by atoms with E-state index in [1.165, 1.54) is 11.3 Å². The van der Waals surface area contributed by atoms with Crippen molar-refractivity contribution in [3.8, 4) is 11.3 Å². The molecule has 0 saturated heterocycles. The number of nitrogens with zero attached hydrogens (tertiary/aromatic N) is 1. The van der Waals surface area contributed by atoms with Gasteiger partial charge in [0.15, 0.2) is 5.13 Å². The first-order valence-electron chi connectivity index (χ1n) is 7.66. The molecule has 2 aromatic carbocycles. The van der Waals surface area contributed by atoms with Gasteiger partial charge in [-0.2, -0.15) is 0 Å². The summed E-state index contributed by atoms with van der Waals surface area (Å²) in [5.41, 5.74) is 1.40. The number of thiazole rings is 1. The summed E-state index contributed by atoms with van der Waals surface area (Å²) in [5.74, 6) is -0.249. The van der Waals surface area contributed by atoms with Crippen molar-refractivity contribution in [2.24, 2.45) is 0 Å². The molecule has 1 N–H and O–H groups in total. The number of rotatable bonds is 3. The molecule has 0 atom stereocenters. The van der Waals surface area contributed by atoms with Crippen molar-refractivity contribution in [3.05, 3.63) is 80.4 Å². The number of aromatic nitrogens is 1. The fraction of sp³-hybridized carbons (Fsp3) is 0. The minimum Gasteiger partial charge on any atom is -0.422 e. The lowest BCUT2D eigenvalue weighted by molar-refractivity contribution is 0.102. The Balaban J connectivity index is 1.66. The number of halogens is 1. The van der Waals surface area contributed by atoms with E-state index in [2.05, 4.69) is 26.2 Å². The summed E-state index contributed by atoms with van der Waals surface area (Å²) in [6, 6.07) is 16.0. The van der Waals surface area contributed by atoms with Gasteiger partial charge in [-0.25, -0.2) is 9.78 Å². The van der Waals surface area contributed by atoms with Gasteiger partial charge in [-0.1, -0.05) is 34.1 Å². The van der Waals surface area contributed by atoms with E-state index in [0.717, 1.165) is 9.86 Å². The summed E-state index contributed by atoms with van der Waals surface area (Å²) in [7, 11) is 0. The second-order valence-electron chi connectivity index (χ2n) is 5.49. The maximum atomic E-state index is 12.3. The van der Waals surface area contributed by atoms with Gasteiger partial charge in [0.2, 0.25) is 0 Å². The zero-order chi connectivity index (χ0) is 18.1. The Hall–Kier alpha value is -2.77. The summed E-state index contributed by atoms with van der Waals surface area (Å²) < 4.78 is 6.25. The summed E-state index contributed by atoms with van der Waals surface area (Å²) in [6.45, 7) is 0. The van der Waals surface area contributed by atoms with Gasteiger partial charge in [0.1, 0.15) is 5.58 Å². The molecule has 0 saturated carbocycles. The summed E-state index contributed by atoms with van der Waals surface area (Å²) in [6.07, 6.45) is 0. The van der Waals surface area contributed by atoms with Crippen LogP contribution >= 0.6 is 27.3 Å². The van der Waals surface area contributed by atoms with Gasteiger partial charge in [-0.3, -0.25) is 10.1 Å². The Kier molecular flexibility index (Phi) is 4.40. The van der Waals surface area contributed by atoms with Crippen molar-refractivity contribution >= 4 is 49.3 Å². The lowest BCUT2D eigenvalue weighted by atomic mass is 10.1. The first-order valence-corrected chi connectivity index (χ1v) is 9.33. The van der Waals surface area contributed by atoms with E-state index in [1.54, 1.807) is 41.8 Å². The normalized spacial score (nSPS) is 10.8. The van der Waals surface area contributed by atoms with Gasteiger partial charge in [0.25, 0.3) is 5.91 Å². The second-order valence-corrected chi connectivity index (χ2v) is 7.26. The molecule has 0 aliphatic carbocycles. The first-order chi connectivity index (χ1) is 12.6. The van der Waals surface area contributed by atoms with Crippen LogP contribution in [0.3, 0.4) is 0 Å². The van der Waals surface area contributed by atoms with Gasteiger partial charge in [-0.15, -0.1) is 11.3 Å². The van der Waals surface area contributed by atoms with Gasteiger partial charge in [0.05, 0.1) is 11.3 Å². The van der Waals surface area contributed by atoms with Gasteiger partial charge in [0, 0.05) is 20.8 Å². The van der Waals surface area contributed by atoms with E-state index in [1.807, 2.05) is 18.2 Å². The molecule has 4 aromatic rings. The Morgan fingerprint density at radius 2 is 1.92 bits per heavy atom. The molecule has 26 heavy (non-hydrogen) atoms. The van der Waals surface area contributed by atoms with Crippen LogP contribution in [0.15, 0.2) is 73.7 Å². The molecule has 5 nitrogen and oxygen atoms in total. The monoisotopic (exact) mass is 426 g/mol. The summed E-state index contributed by atoms with van der Waals surface area (Å²) in [4.78, 5) is 28.8. The van der Waals surface area contributed by atoms with Crippen LogP contribution in [0.25, 0.3) is 22.2 Å². The molecule has 0 fully saturated rings. The molecule has 0 bridgehead atoms. The number of amides is 1. The lowest BCUT2D eigenvalue weighted by Crippen LogP contribution is -2.11. The number of anilines is 1. The van der Waals surface area contributed by atoms with Crippen LogP contribution < -0.4 is 10.9 Å². The number of carbonyl (C=O) groups excluding carboxylic acids is 1. The first kappa shape index (κ1) is 16.7. The number of nitrogens with one attached hydrogen (secondary N) is 1. The van der Waals surface area contributed by atoms with Gasteiger partial charge < -0.3 is 4.42 Å². The van der Waals surface area contributed by atoms with Crippen LogP contribution in [0, 0.1) is 0 Å². The third-order valence-electron chi connectivity index (χ3n) is 3.73. The topological polar surface area (TPSA) is 72.2 Å². The summed E-state index contributed by atoms with van der Waals surface area (Å²) >= 11 is 4.66. The van der Waals surface area contributed by atoms with Crippen LogP contribution in [0.1, 0.15) is 10.4 Å². The predicted octanol–water partition coefficient (Wildman–Crippen LogP) is 4.93. The smallest absolute Gasteiger partial charge is 0.345 e. The second kappa shape index (κ2) is 6.86. The molecule has 0 spiro atoms. The van der Waals surface area contributed by atoms with Crippen molar-refractivity contribution in [2.75, 3.05) is 5.32 Å². The summed E-state index contributed by atoms with van der Waals surface area (Å²) in [5, 5.41) is 5.67. The highest BCUT2D eigenvalue weighted by Gasteiger charge is 2.13. The fourth-order valence-electron chi connectivity index (χ4n) is 2.49. The molecule has 1 amide bonds. The number of carbonyl (C=O) groups is 1. The average Bonchev–Trinajstić information content (AvgIpc) is 3.10. The average molecular weight is 427 g/mol. The standard InChI is InChI=1S/C19H11BrN2O3S/c20-13-6-7-16-12(8-13)9-14(18(24)25-16)15-10-26-19(21-15)22-17(23)11-4-2-1-3-5-11/h1-10H,(H,21,22,23). The molecule has 2 aromatic heterocycles. The molecule has 4 rings (SSSR count). The zero-order valence-electron chi connectivity index (χ0n) is 13.2. The highest BCUT2D eigenvalue weighted by Crippen LogP contribution is 2.26. The molecule has 128 valence electrons. The van der Waals surface area contributed by atoms with Crippen LogP contribution in [0.2, 0.25) is 0 Å². The minimum atomic E-state index is -0.467. The Labute approximate surface area is 160 Å². The fourth-order valence-corrected chi connectivity index (χ4v) is 3.57. The molecule has 2 heterocycles. The SMILES string of the molecule is O=C(Nc1nc(-c2cc3cc(Br)ccc3oc2=O)cs1)c1ccccc1. The minimum absolute atomic E-state index is 0.249. The van der Waals surface area contributed by atoms with Crippen molar-refractivity contribution in [1.82, 2.24) is 4.98 Å². The van der Waals surface area contributed by atoms with Crippen molar-refractivity contribution in [1.29, 1.82) is 0 Å². The van der Waals surface area contributed by atoms with Gasteiger partial charge in [-0.05, 0) is 36.4 Å². The Bertz CT molecular complexity index is 1170. The highest BCUT2D eigenvalue weighted by molar-refractivity contribution is 9.10. The van der Waals surface area contributed by atoms with Crippen LogP contribution in [0.4, 0.5) is 5.13 Å². The maximum Gasteiger partial charge on any atom is 0.345 e. The number of benzene rings is 2. The van der Waals surface area contributed by atoms with E-state index in [9.17, 15) is 9.59 Å². The van der Waals surface area contributed by atoms with Crippen molar-refractivity contribution < 1.29 is 9.21 Å². The molecular formula is C19H11BrN2O3S. The van der Waals surface area contributed by atoms with Gasteiger partial charge >= 0.3 is 5.63 Å². The van der Waals surface area contributed by atoms with Crippen LogP contribution in [-0.4, -0.2) is 10.9 Å². The third kappa shape index (κ3) is 3.31. The lowest BCUT2D eigenvalue weighted by Gasteiger charge is -2.01. The van der Waals surface area contributed by atoms with Crippen LogP contribution in [-0.2, 0) is 0 Å². The number of hydrogen-bond acceptors (Lipinski definition) is 5. The molecular weight excluding hydrogens is 416 g/mol. The van der Waals surface area contributed by atoms with Crippen molar-refractivity contribution in [3.63, 3.8) is 0 Å². The van der Waals surface area contributed by atoms with Crippen LogP contribution in [0.5, 0.6) is 0 Å². The quantitative estimate of drug-likeness (QED) is 0.471. The van der Waals surface area contributed by atoms with E-state index in [0.29, 0.717) is 27.5 Å². The molecule has 0 radical (unpaired) electrons. The van der Waals surface area contributed by atoms with E-state index in [4.69, 9.17) is 4.42 Å². The van der Waals surface area contributed by atoms with Crippen molar-refractivity contribution in [2.45, 2.75) is 0 Å². The molecule has 7 heteroatoms. The van der Waals surface area contributed by atoms with E-state index in [-0.39, 0.29) is 5.91 Å². The zero-order valence-corrected chi connectivity index (χ0v) is 15.6. The molecule has 0 aliphatic rings. The highest BCUT2D eigenvalue weighted by atomic mass is 79.9. The third-order valence-corrected chi connectivity index (χ3v) is 4.98. The number of fused-ring (bicyclic) bond motifs is 1. The van der Waals surface area contributed by atoms with E-state index < -0.39 is 5.63 Å². The number of hydrogen-bond donors (Lipinski definition) is 1. The molecule has 0 unspecified atom stereocenters. The van der Waals surface area contributed by atoms with E-state index >= 15 is 0 Å². The Morgan fingerprint density at radius 3 is 2.73 bits per heavy atom. The predicted molar refractivity (Wildman–Crippen MR) is 106 cm³/mol. The maximum absolute atomic E-state index is 12.3. The largest absolute Gasteiger partial charge is 0.422 e.